The van der Waals surface area contributed by atoms with E-state index in [1.807, 2.05) is 0 Å². The van der Waals surface area contributed by atoms with Crippen LogP contribution in [0.1, 0.15) is 22.6 Å². The summed E-state index contributed by atoms with van der Waals surface area (Å²) >= 11 is 0. The Kier molecular flexibility index (Phi) is 8.56. The van der Waals surface area contributed by atoms with Gasteiger partial charge in [0.15, 0.2) is 0 Å². The van der Waals surface area contributed by atoms with Gasteiger partial charge in [-0.05, 0) is 120 Å². The third-order valence-electron chi connectivity index (χ3n) is 13.2. The van der Waals surface area contributed by atoms with Crippen LogP contribution in [-0.2, 0) is 0 Å². The number of aromatic nitrogens is 2. The van der Waals surface area contributed by atoms with Crippen LogP contribution in [0, 0.1) is 0 Å². The van der Waals surface area contributed by atoms with Crippen LogP contribution in [0.3, 0.4) is 0 Å². The first kappa shape index (κ1) is 37.0. The average Bonchev–Trinajstić information content (AvgIpc) is 3.88. The van der Waals surface area contributed by atoms with E-state index in [9.17, 15) is 0 Å². The van der Waals surface area contributed by atoms with Crippen molar-refractivity contribution < 1.29 is 0 Å². The predicted molar refractivity (Wildman–Crippen MR) is 272 cm³/mol. The van der Waals surface area contributed by atoms with E-state index in [4.69, 9.17) is 0 Å². The molecule has 0 spiro atoms. The lowest BCUT2D eigenvalue weighted by Crippen LogP contribution is -2.16. The number of nitrogens with zero attached hydrogens (tertiary/aromatic N) is 4. The molecule has 0 saturated carbocycles. The molecule has 3 heterocycles. The van der Waals surface area contributed by atoms with Crippen molar-refractivity contribution >= 4 is 77.7 Å². The largest absolute Gasteiger partial charge is 0.310 e. The van der Waals surface area contributed by atoms with Gasteiger partial charge in [-0.3, -0.25) is 0 Å². The molecule has 4 nitrogen and oxygen atoms in total. The Morgan fingerprint density at radius 3 is 0.923 bits per heavy atom. The van der Waals surface area contributed by atoms with Gasteiger partial charge >= 0.3 is 0 Å². The minimum Gasteiger partial charge on any atom is -0.310 e. The summed E-state index contributed by atoms with van der Waals surface area (Å²) in [7, 11) is 0. The second-order valence-corrected chi connectivity index (χ2v) is 17.0. The molecule has 13 rings (SSSR count). The van der Waals surface area contributed by atoms with Gasteiger partial charge in [0.25, 0.3) is 0 Å². The molecule has 0 amide bonds. The Hall–Kier alpha value is -8.60. The third-order valence-corrected chi connectivity index (χ3v) is 13.2. The lowest BCUT2D eigenvalue weighted by atomic mass is 9.84. The van der Waals surface area contributed by atoms with Gasteiger partial charge in [0.2, 0.25) is 0 Å². The van der Waals surface area contributed by atoms with Gasteiger partial charge in [0, 0.05) is 73.0 Å². The number of benzene rings is 10. The first-order chi connectivity index (χ1) is 32.2. The first-order valence-corrected chi connectivity index (χ1v) is 22.4. The quantitative estimate of drug-likeness (QED) is 0.172. The van der Waals surface area contributed by atoms with E-state index in [2.05, 4.69) is 268 Å². The highest BCUT2D eigenvalue weighted by Crippen LogP contribution is 2.47. The van der Waals surface area contributed by atoms with Crippen LogP contribution in [0.15, 0.2) is 249 Å². The van der Waals surface area contributed by atoms with Crippen molar-refractivity contribution in [3.63, 3.8) is 0 Å². The number of fused-ring (bicyclic) bond motifs is 12. The Bertz CT molecular complexity index is 3410. The van der Waals surface area contributed by atoms with Gasteiger partial charge in [-0.1, -0.05) is 146 Å². The predicted octanol–water partition coefficient (Wildman–Crippen LogP) is 16.3. The van der Waals surface area contributed by atoms with Crippen LogP contribution >= 0.6 is 0 Å². The summed E-state index contributed by atoms with van der Waals surface area (Å²) in [4.78, 5) is 4.85. The number of hydrogen-bond donors (Lipinski definition) is 0. The molecule has 1 aliphatic rings. The molecule has 0 saturated heterocycles. The monoisotopic (exact) mass is 830 g/mol. The van der Waals surface area contributed by atoms with Crippen molar-refractivity contribution in [3.05, 3.63) is 265 Å². The Morgan fingerprint density at radius 2 is 0.523 bits per heavy atom. The molecule has 2 aromatic heterocycles. The minimum atomic E-state index is -0.150. The van der Waals surface area contributed by atoms with Gasteiger partial charge in [0.1, 0.15) is 0 Å². The molecule has 306 valence electrons. The summed E-state index contributed by atoms with van der Waals surface area (Å²) in [6.45, 7) is 0. The zero-order chi connectivity index (χ0) is 42.8. The van der Waals surface area contributed by atoms with Crippen LogP contribution in [0.5, 0.6) is 0 Å². The van der Waals surface area contributed by atoms with E-state index >= 15 is 0 Å². The third kappa shape index (κ3) is 6.06. The zero-order valence-electron chi connectivity index (χ0n) is 35.5. The molecule has 10 aromatic carbocycles. The van der Waals surface area contributed by atoms with E-state index in [1.165, 1.54) is 60.3 Å². The van der Waals surface area contributed by atoms with Crippen LogP contribution in [-0.4, -0.2) is 9.13 Å². The van der Waals surface area contributed by atoms with Gasteiger partial charge in [0.05, 0.1) is 22.1 Å². The van der Waals surface area contributed by atoms with Crippen molar-refractivity contribution in [1.82, 2.24) is 9.13 Å². The molecular weight excluding hydrogens is 789 g/mol. The second kappa shape index (κ2) is 15.0. The highest BCUT2D eigenvalue weighted by atomic mass is 15.2. The van der Waals surface area contributed by atoms with Crippen LogP contribution in [0.4, 0.5) is 34.1 Å². The number of anilines is 6. The molecule has 0 fully saturated rings. The second-order valence-electron chi connectivity index (χ2n) is 17.0. The highest BCUT2D eigenvalue weighted by Gasteiger charge is 2.27. The van der Waals surface area contributed by atoms with E-state index in [0.717, 1.165) is 45.5 Å². The average molecular weight is 831 g/mol. The normalized spacial score (nSPS) is 12.8. The molecule has 12 aromatic rings. The molecular formula is C61H42N4. The summed E-state index contributed by atoms with van der Waals surface area (Å²) in [5.74, 6) is -0.150. The van der Waals surface area contributed by atoms with Crippen molar-refractivity contribution in [3.8, 4) is 11.4 Å². The fourth-order valence-electron chi connectivity index (χ4n) is 10.5. The van der Waals surface area contributed by atoms with Crippen LogP contribution in [0.25, 0.3) is 55.0 Å². The van der Waals surface area contributed by atoms with Crippen molar-refractivity contribution in [1.29, 1.82) is 0 Å². The fourth-order valence-corrected chi connectivity index (χ4v) is 10.5. The van der Waals surface area contributed by atoms with Crippen molar-refractivity contribution in [2.45, 2.75) is 5.92 Å². The number of hydrogen-bond acceptors (Lipinski definition) is 2. The van der Waals surface area contributed by atoms with Gasteiger partial charge in [-0.2, -0.15) is 0 Å². The highest BCUT2D eigenvalue weighted by molar-refractivity contribution is 6.10. The van der Waals surface area contributed by atoms with Gasteiger partial charge < -0.3 is 18.9 Å². The number of rotatable bonds is 5. The molecule has 0 N–H and O–H groups in total. The number of para-hydroxylation sites is 6. The summed E-state index contributed by atoms with van der Waals surface area (Å²) in [5, 5.41) is 4.95. The van der Waals surface area contributed by atoms with Crippen molar-refractivity contribution in [2.24, 2.45) is 0 Å². The minimum absolute atomic E-state index is 0.150. The standard InChI is InChI=1S/C61H42N4/c1-4-19-42(20-5-1)61-43-35-49(40-51(37-43)64-57-31-14-10-27-53(57)54-28-11-15-32-58(54)64)62(45-21-6-2-7-22-45)47-25-18-26-48(39-47)63(46-23-8-3-9-24-46)50-36-44(61)38-52(41-50)65-59-33-16-12-29-55(59)56-30-13-17-34-60(56)65/h1-41,61H. The van der Waals surface area contributed by atoms with E-state index in [0.29, 0.717) is 0 Å². The van der Waals surface area contributed by atoms with E-state index in [1.54, 1.807) is 0 Å². The maximum Gasteiger partial charge on any atom is 0.0541 e. The Morgan fingerprint density at radius 1 is 0.215 bits per heavy atom. The van der Waals surface area contributed by atoms with E-state index < -0.39 is 0 Å². The topological polar surface area (TPSA) is 16.3 Å². The molecule has 4 heteroatoms. The fraction of sp³-hybridized carbons (Fsp3) is 0.0164. The lowest BCUT2D eigenvalue weighted by molar-refractivity contribution is 0.963. The smallest absolute Gasteiger partial charge is 0.0541 e. The molecule has 65 heavy (non-hydrogen) atoms. The molecule has 1 aliphatic heterocycles. The zero-order valence-corrected chi connectivity index (χ0v) is 35.5. The molecule has 0 aliphatic carbocycles. The SMILES string of the molecule is c1ccc(C2c3cc(cc(-n4c5ccccc5c5ccccc54)c3)N(c3ccccc3)c3cccc(c3)N(c3ccccc3)c3cc2cc(-n2c4ccccc4c4ccccc42)c3)cc1. The van der Waals surface area contributed by atoms with Gasteiger partial charge in [-0.25, -0.2) is 0 Å². The summed E-state index contributed by atoms with van der Waals surface area (Å²) < 4.78 is 4.92. The van der Waals surface area contributed by atoms with Gasteiger partial charge in [-0.15, -0.1) is 0 Å². The summed E-state index contributed by atoms with van der Waals surface area (Å²) in [5.41, 5.74) is 17.0. The Balaban J connectivity index is 1.19. The first-order valence-electron chi connectivity index (χ1n) is 22.4. The maximum absolute atomic E-state index is 2.46. The molecule has 0 atom stereocenters. The van der Waals surface area contributed by atoms with Crippen LogP contribution in [0.2, 0.25) is 0 Å². The lowest BCUT2D eigenvalue weighted by Gasteiger charge is -2.33. The van der Waals surface area contributed by atoms with E-state index in [-0.39, 0.29) is 5.92 Å². The molecule has 0 unspecified atom stereocenters. The Labute approximate surface area is 377 Å². The van der Waals surface area contributed by atoms with Crippen LogP contribution < -0.4 is 9.80 Å². The maximum atomic E-state index is 2.46. The molecule has 6 bridgehead atoms. The van der Waals surface area contributed by atoms with Crippen molar-refractivity contribution in [2.75, 3.05) is 9.80 Å². The molecule has 0 radical (unpaired) electrons. The summed E-state index contributed by atoms with van der Waals surface area (Å²) in [6.07, 6.45) is 0. The summed E-state index contributed by atoms with van der Waals surface area (Å²) in [6, 6.07) is 91.4.